The van der Waals surface area contributed by atoms with E-state index >= 15 is 0 Å². The maximum atomic E-state index is 8.35. The first kappa shape index (κ1) is 12.4. The summed E-state index contributed by atoms with van der Waals surface area (Å²) in [4.78, 5) is 8.35. The molecule has 2 aromatic carbocycles. The molecule has 0 radical (unpaired) electrons. The predicted molar refractivity (Wildman–Crippen MR) is 68.0 cm³/mol. The van der Waals surface area contributed by atoms with E-state index in [1.54, 1.807) is 0 Å². The van der Waals surface area contributed by atoms with Crippen LogP contribution < -0.4 is 0 Å². The summed E-state index contributed by atoms with van der Waals surface area (Å²) in [6, 6.07) is 18.7. The monoisotopic (exact) mass is 275 g/mol. The standard InChI is InChI=1S/C12H9Br.CHNO/c13-12-8-6-11(7-9-12)10-4-2-1-3-5-10;2-1-3/h1-9H;2H. The zero-order valence-corrected chi connectivity index (χ0v) is 10.1. The Morgan fingerprint density at radius 2 is 1.31 bits per heavy atom. The van der Waals surface area contributed by atoms with E-state index in [-0.39, 0.29) is 0 Å². The van der Waals surface area contributed by atoms with Crippen molar-refractivity contribution in [3.8, 4) is 11.1 Å². The Kier molecular flexibility index (Phi) is 5.20. The first-order valence-corrected chi connectivity index (χ1v) is 5.42. The van der Waals surface area contributed by atoms with Gasteiger partial charge in [-0.05, 0) is 23.3 Å². The van der Waals surface area contributed by atoms with Crippen LogP contribution in [-0.2, 0) is 4.79 Å². The lowest BCUT2D eigenvalue weighted by molar-refractivity contribution is 0.563. The molecule has 0 spiro atoms. The zero-order chi connectivity index (χ0) is 11.8. The van der Waals surface area contributed by atoms with Gasteiger partial charge in [0.1, 0.15) is 0 Å². The molecule has 0 heterocycles. The van der Waals surface area contributed by atoms with Gasteiger partial charge in [0.05, 0.1) is 0 Å². The van der Waals surface area contributed by atoms with Crippen molar-refractivity contribution < 1.29 is 4.79 Å². The van der Waals surface area contributed by atoms with Crippen molar-refractivity contribution in [1.82, 2.24) is 0 Å². The lowest BCUT2D eigenvalue weighted by Crippen LogP contribution is -1.75. The third kappa shape index (κ3) is 3.81. The van der Waals surface area contributed by atoms with Gasteiger partial charge in [0.2, 0.25) is 6.08 Å². The Hall–Kier alpha value is -1.70. The molecule has 1 N–H and O–H groups in total. The van der Waals surface area contributed by atoms with Gasteiger partial charge in [-0.2, -0.15) is 0 Å². The SMILES string of the molecule is Brc1ccc(-c2ccccc2)cc1.N=C=O. The van der Waals surface area contributed by atoms with E-state index < -0.39 is 0 Å². The second-order valence-corrected chi connectivity index (χ2v) is 3.89. The van der Waals surface area contributed by atoms with Crippen LogP contribution in [0.15, 0.2) is 59.1 Å². The van der Waals surface area contributed by atoms with Gasteiger partial charge in [-0.15, -0.1) is 0 Å². The quantitative estimate of drug-likeness (QED) is 0.620. The number of isocyanates is 1. The molecule has 0 atom stereocenters. The highest BCUT2D eigenvalue weighted by atomic mass is 79.9. The highest BCUT2D eigenvalue weighted by Gasteiger charge is 1.94. The number of halogens is 1. The molecule has 2 rings (SSSR count). The van der Waals surface area contributed by atoms with Crippen molar-refractivity contribution >= 4 is 22.0 Å². The summed E-state index contributed by atoms with van der Waals surface area (Å²) in [5, 5.41) is 5.40. The van der Waals surface area contributed by atoms with Crippen molar-refractivity contribution in [2.24, 2.45) is 0 Å². The number of nitrogens with one attached hydrogen (secondary N) is 1. The average molecular weight is 276 g/mol. The third-order valence-corrected chi connectivity index (χ3v) is 2.48. The predicted octanol–water partition coefficient (Wildman–Crippen LogP) is 4.02. The van der Waals surface area contributed by atoms with E-state index in [0.29, 0.717) is 0 Å². The van der Waals surface area contributed by atoms with Crippen LogP contribution in [0.5, 0.6) is 0 Å². The van der Waals surface area contributed by atoms with Crippen LogP contribution in [0.3, 0.4) is 0 Å². The Morgan fingerprint density at radius 3 is 1.81 bits per heavy atom. The molecule has 0 saturated heterocycles. The van der Waals surface area contributed by atoms with Crippen LogP contribution in [0.4, 0.5) is 0 Å². The maximum absolute atomic E-state index is 8.35. The molecule has 0 aromatic heterocycles. The number of benzene rings is 2. The van der Waals surface area contributed by atoms with Crippen LogP contribution in [0.25, 0.3) is 11.1 Å². The largest absolute Gasteiger partial charge is 0.231 e. The van der Waals surface area contributed by atoms with Crippen molar-refractivity contribution in [2.45, 2.75) is 0 Å². The highest BCUT2D eigenvalue weighted by Crippen LogP contribution is 2.20. The minimum atomic E-state index is 0.750. The molecule has 0 saturated carbocycles. The molecule has 3 heteroatoms. The van der Waals surface area contributed by atoms with Crippen LogP contribution in [-0.4, -0.2) is 6.08 Å². The van der Waals surface area contributed by atoms with Crippen LogP contribution >= 0.6 is 15.9 Å². The second-order valence-electron chi connectivity index (χ2n) is 2.97. The molecule has 2 nitrogen and oxygen atoms in total. The van der Waals surface area contributed by atoms with E-state index in [4.69, 9.17) is 10.2 Å². The molecule has 0 fully saturated rings. The van der Waals surface area contributed by atoms with Crippen molar-refractivity contribution in [3.05, 3.63) is 59.1 Å². The summed E-state index contributed by atoms with van der Waals surface area (Å²) >= 11 is 3.42. The lowest BCUT2D eigenvalue weighted by atomic mass is 10.1. The Balaban J connectivity index is 0.000000386. The van der Waals surface area contributed by atoms with Gasteiger partial charge in [0, 0.05) is 4.47 Å². The van der Waals surface area contributed by atoms with E-state index in [1.165, 1.54) is 11.1 Å². The minimum absolute atomic E-state index is 0.750. The summed E-state index contributed by atoms with van der Waals surface area (Å²) < 4.78 is 1.12. The average Bonchev–Trinajstić information content (AvgIpc) is 2.32. The van der Waals surface area contributed by atoms with Crippen molar-refractivity contribution in [1.29, 1.82) is 5.41 Å². The van der Waals surface area contributed by atoms with Crippen molar-refractivity contribution in [3.63, 3.8) is 0 Å². The lowest BCUT2D eigenvalue weighted by Gasteiger charge is -2.00. The van der Waals surface area contributed by atoms with Crippen LogP contribution in [0, 0.1) is 5.41 Å². The first-order valence-electron chi connectivity index (χ1n) is 4.63. The summed E-state index contributed by atoms with van der Waals surface area (Å²) in [7, 11) is 0. The number of rotatable bonds is 1. The molecule has 0 bridgehead atoms. The van der Waals surface area contributed by atoms with Gasteiger partial charge in [-0.3, -0.25) is 0 Å². The molecule has 0 aliphatic rings. The highest BCUT2D eigenvalue weighted by molar-refractivity contribution is 9.10. The molecular formula is C13H10BrNO. The third-order valence-electron chi connectivity index (χ3n) is 1.95. The smallest absolute Gasteiger partial charge is 0.222 e. The second kappa shape index (κ2) is 6.72. The minimum Gasteiger partial charge on any atom is -0.222 e. The van der Waals surface area contributed by atoms with Crippen LogP contribution in [0.1, 0.15) is 0 Å². The maximum Gasteiger partial charge on any atom is 0.231 e. The normalized spacial score (nSPS) is 8.56. The Morgan fingerprint density at radius 1 is 0.875 bits per heavy atom. The van der Waals surface area contributed by atoms with E-state index in [9.17, 15) is 0 Å². The zero-order valence-electron chi connectivity index (χ0n) is 8.48. The summed E-state index contributed by atoms with van der Waals surface area (Å²) in [5.74, 6) is 0. The molecule has 16 heavy (non-hydrogen) atoms. The fraction of sp³-hybridized carbons (Fsp3) is 0. The summed E-state index contributed by atoms with van der Waals surface area (Å²) in [5.41, 5.74) is 2.51. The molecular weight excluding hydrogens is 266 g/mol. The number of hydrogen-bond acceptors (Lipinski definition) is 2. The summed E-state index contributed by atoms with van der Waals surface area (Å²) in [6.45, 7) is 0. The van der Waals surface area contributed by atoms with Gasteiger partial charge in [-0.1, -0.05) is 58.4 Å². The number of carbonyl (C=O) groups excluding carboxylic acids is 1. The van der Waals surface area contributed by atoms with Crippen molar-refractivity contribution in [2.75, 3.05) is 0 Å². The fourth-order valence-electron chi connectivity index (χ4n) is 1.27. The molecule has 2 aromatic rings. The fourth-order valence-corrected chi connectivity index (χ4v) is 1.54. The molecule has 0 aliphatic heterocycles. The van der Waals surface area contributed by atoms with E-state index in [0.717, 1.165) is 10.6 Å². The van der Waals surface area contributed by atoms with Gasteiger partial charge in [0.25, 0.3) is 0 Å². The van der Waals surface area contributed by atoms with Gasteiger partial charge in [-0.25, -0.2) is 10.2 Å². The van der Waals surface area contributed by atoms with E-state index in [1.807, 2.05) is 6.07 Å². The first-order chi connectivity index (χ1) is 7.77. The van der Waals surface area contributed by atoms with E-state index in [2.05, 4.69) is 64.5 Å². The molecule has 0 aliphatic carbocycles. The van der Waals surface area contributed by atoms with Gasteiger partial charge >= 0.3 is 0 Å². The molecule has 0 unspecified atom stereocenters. The molecule has 80 valence electrons. The topological polar surface area (TPSA) is 40.9 Å². The van der Waals surface area contributed by atoms with Gasteiger partial charge in [0.15, 0.2) is 0 Å². The molecule has 0 amide bonds. The summed E-state index contributed by atoms with van der Waals surface area (Å²) in [6.07, 6.45) is 0.750. The van der Waals surface area contributed by atoms with Crippen LogP contribution in [0.2, 0.25) is 0 Å². The Bertz CT molecular complexity index is 459. The van der Waals surface area contributed by atoms with Gasteiger partial charge < -0.3 is 0 Å². The number of hydrogen-bond donors (Lipinski definition) is 1. The Labute approximate surface area is 103 Å².